The fourth-order valence-corrected chi connectivity index (χ4v) is 4.43. The molecule has 1 N–H and O–H groups in total. The summed E-state index contributed by atoms with van der Waals surface area (Å²) in [5.74, 6) is 0.558. The Bertz CT molecular complexity index is 716. The standard InChI is InChI=1S/C20H26ClN3O3/c1-14-6-8-20(9-7-14)18(25)24(19(26)22-20)13-23-10-11-27-17(12-23)15-2-4-16(21)5-3-15/h2-5,14,17H,6-13H2,1H3,(H,22,26). The number of urea groups is 1. The molecule has 2 aliphatic heterocycles. The Morgan fingerprint density at radius 1 is 1.22 bits per heavy atom. The third-order valence-corrected chi connectivity index (χ3v) is 6.36. The second-order valence-corrected chi connectivity index (χ2v) is 8.49. The average Bonchev–Trinajstić information content (AvgIpc) is 2.89. The fourth-order valence-electron chi connectivity index (χ4n) is 4.31. The van der Waals surface area contributed by atoms with Crippen molar-refractivity contribution in [3.05, 3.63) is 34.9 Å². The quantitative estimate of drug-likeness (QED) is 0.804. The molecule has 0 radical (unpaired) electrons. The maximum Gasteiger partial charge on any atom is 0.326 e. The van der Waals surface area contributed by atoms with Crippen molar-refractivity contribution in [1.82, 2.24) is 15.1 Å². The van der Waals surface area contributed by atoms with E-state index in [-0.39, 0.29) is 18.0 Å². The van der Waals surface area contributed by atoms with Gasteiger partial charge in [-0.25, -0.2) is 9.69 Å². The maximum atomic E-state index is 13.0. The third-order valence-electron chi connectivity index (χ3n) is 6.11. The Kier molecular flexibility index (Phi) is 5.14. The molecular formula is C20H26ClN3O3. The lowest BCUT2D eigenvalue weighted by molar-refractivity contribution is -0.135. The molecule has 0 bridgehead atoms. The van der Waals surface area contributed by atoms with E-state index >= 15 is 0 Å². The van der Waals surface area contributed by atoms with E-state index in [2.05, 4.69) is 17.1 Å². The van der Waals surface area contributed by atoms with Crippen molar-refractivity contribution in [1.29, 1.82) is 0 Å². The molecular weight excluding hydrogens is 366 g/mol. The van der Waals surface area contributed by atoms with E-state index in [1.807, 2.05) is 24.3 Å². The van der Waals surface area contributed by atoms with E-state index in [4.69, 9.17) is 16.3 Å². The largest absolute Gasteiger partial charge is 0.371 e. The number of nitrogens with zero attached hydrogens (tertiary/aromatic N) is 2. The van der Waals surface area contributed by atoms with Crippen molar-refractivity contribution in [3.8, 4) is 0 Å². The van der Waals surface area contributed by atoms with E-state index in [0.29, 0.717) is 37.3 Å². The van der Waals surface area contributed by atoms with Crippen LogP contribution in [0.4, 0.5) is 4.79 Å². The maximum absolute atomic E-state index is 13.0. The van der Waals surface area contributed by atoms with Gasteiger partial charge in [0.25, 0.3) is 5.91 Å². The molecule has 4 rings (SSSR count). The molecule has 3 aliphatic rings. The van der Waals surface area contributed by atoms with Crippen LogP contribution in [0.2, 0.25) is 5.02 Å². The highest BCUT2D eigenvalue weighted by molar-refractivity contribution is 6.30. The number of halogens is 1. The number of hydrogen-bond acceptors (Lipinski definition) is 4. The lowest BCUT2D eigenvalue weighted by Gasteiger charge is -2.36. The molecule has 3 fully saturated rings. The SMILES string of the molecule is CC1CCC2(CC1)NC(=O)N(CN1CCOC(c3ccc(Cl)cc3)C1)C2=O. The van der Waals surface area contributed by atoms with Crippen molar-refractivity contribution in [2.24, 2.45) is 5.92 Å². The monoisotopic (exact) mass is 391 g/mol. The Morgan fingerprint density at radius 2 is 1.93 bits per heavy atom. The molecule has 2 heterocycles. The molecule has 27 heavy (non-hydrogen) atoms. The van der Waals surface area contributed by atoms with Crippen molar-refractivity contribution < 1.29 is 14.3 Å². The first-order valence-corrected chi connectivity index (χ1v) is 10.1. The first-order chi connectivity index (χ1) is 13.0. The summed E-state index contributed by atoms with van der Waals surface area (Å²) < 4.78 is 5.89. The zero-order valence-electron chi connectivity index (χ0n) is 15.6. The van der Waals surface area contributed by atoms with Crippen LogP contribution >= 0.6 is 11.6 Å². The molecule has 1 saturated carbocycles. The van der Waals surface area contributed by atoms with Gasteiger partial charge in [0.05, 0.1) is 19.4 Å². The fraction of sp³-hybridized carbons (Fsp3) is 0.600. The number of imide groups is 1. The number of benzene rings is 1. The van der Waals surface area contributed by atoms with Gasteiger partial charge in [0, 0.05) is 18.1 Å². The Labute approximate surface area is 164 Å². The molecule has 1 unspecified atom stereocenters. The van der Waals surface area contributed by atoms with Crippen LogP contribution in [-0.4, -0.2) is 53.6 Å². The van der Waals surface area contributed by atoms with Crippen LogP contribution < -0.4 is 5.32 Å². The van der Waals surface area contributed by atoms with E-state index in [9.17, 15) is 9.59 Å². The van der Waals surface area contributed by atoms with Crippen LogP contribution in [0.25, 0.3) is 0 Å². The van der Waals surface area contributed by atoms with Gasteiger partial charge >= 0.3 is 6.03 Å². The summed E-state index contributed by atoms with van der Waals surface area (Å²) >= 11 is 5.96. The predicted octanol–water partition coefficient (Wildman–Crippen LogP) is 3.17. The number of nitrogens with one attached hydrogen (secondary N) is 1. The second kappa shape index (κ2) is 7.41. The predicted molar refractivity (Wildman–Crippen MR) is 102 cm³/mol. The van der Waals surface area contributed by atoms with Crippen molar-refractivity contribution >= 4 is 23.5 Å². The Morgan fingerprint density at radius 3 is 2.63 bits per heavy atom. The minimum absolute atomic E-state index is 0.0612. The van der Waals surface area contributed by atoms with E-state index in [1.165, 1.54) is 4.90 Å². The van der Waals surface area contributed by atoms with Crippen molar-refractivity contribution in [2.75, 3.05) is 26.4 Å². The molecule has 2 saturated heterocycles. The van der Waals surface area contributed by atoms with Crippen LogP contribution in [0.3, 0.4) is 0 Å². The van der Waals surface area contributed by atoms with Gasteiger partial charge in [-0.05, 0) is 49.3 Å². The summed E-state index contributed by atoms with van der Waals surface area (Å²) in [5.41, 5.74) is 0.380. The number of morpholine rings is 1. The molecule has 0 aromatic heterocycles. The van der Waals surface area contributed by atoms with E-state index in [0.717, 1.165) is 31.2 Å². The second-order valence-electron chi connectivity index (χ2n) is 8.06. The van der Waals surface area contributed by atoms with Crippen molar-refractivity contribution in [2.45, 2.75) is 44.2 Å². The number of carbonyl (C=O) groups excluding carboxylic acids is 2. The highest BCUT2D eigenvalue weighted by Crippen LogP contribution is 2.36. The minimum Gasteiger partial charge on any atom is -0.371 e. The van der Waals surface area contributed by atoms with Gasteiger partial charge in [-0.2, -0.15) is 0 Å². The molecule has 146 valence electrons. The highest BCUT2D eigenvalue weighted by atomic mass is 35.5. The summed E-state index contributed by atoms with van der Waals surface area (Å²) in [4.78, 5) is 29.1. The molecule has 1 aromatic carbocycles. The lowest BCUT2D eigenvalue weighted by Crippen LogP contribution is -2.51. The van der Waals surface area contributed by atoms with E-state index < -0.39 is 5.54 Å². The first kappa shape index (κ1) is 18.7. The van der Waals surface area contributed by atoms with Crippen LogP contribution in [0.5, 0.6) is 0 Å². The van der Waals surface area contributed by atoms with Crippen LogP contribution in [0.15, 0.2) is 24.3 Å². The summed E-state index contributed by atoms with van der Waals surface area (Å²) in [6.07, 6.45) is 3.37. The summed E-state index contributed by atoms with van der Waals surface area (Å²) in [7, 11) is 0. The number of amides is 3. The molecule has 7 heteroatoms. The molecule has 1 aromatic rings. The molecule has 6 nitrogen and oxygen atoms in total. The number of rotatable bonds is 3. The smallest absolute Gasteiger partial charge is 0.326 e. The Balaban J connectivity index is 1.42. The number of ether oxygens (including phenoxy) is 1. The van der Waals surface area contributed by atoms with E-state index in [1.54, 1.807) is 0 Å². The van der Waals surface area contributed by atoms with Gasteiger partial charge in [0.1, 0.15) is 5.54 Å². The average molecular weight is 392 g/mol. The van der Waals surface area contributed by atoms with Crippen LogP contribution in [0, 0.1) is 5.92 Å². The van der Waals surface area contributed by atoms with Crippen LogP contribution in [-0.2, 0) is 9.53 Å². The highest BCUT2D eigenvalue weighted by Gasteiger charge is 2.52. The molecule has 3 amide bonds. The van der Waals surface area contributed by atoms with Gasteiger partial charge in [0.15, 0.2) is 0 Å². The van der Waals surface area contributed by atoms with Gasteiger partial charge in [0.2, 0.25) is 0 Å². The molecule has 1 aliphatic carbocycles. The molecule has 1 spiro atoms. The molecule has 1 atom stereocenters. The zero-order chi connectivity index (χ0) is 19.0. The summed E-state index contributed by atoms with van der Waals surface area (Å²) in [5, 5.41) is 3.69. The number of hydrogen-bond donors (Lipinski definition) is 1. The minimum atomic E-state index is -0.675. The third kappa shape index (κ3) is 3.71. The van der Waals surface area contributed by atoms with Gasteiger partial charge in [-0.1, -0.05) is 30.7 Å². The lowest BCUT2D eigenvalue weighted by atomic mass is 9.77. The van der Waals surface area contributed by atoms with Gasteiger partial charge in [-0.15, -0.1) is 0 Å². The van der Waals surface area contributed by atoms with Gasteiger partial charge in [-0.3, -0.25) is 9.69 Å². The van der Waals surface area contributed by atoms with Crippen molar-refractivity contribution in [3.63, 3.8) is 0 Å². The Hall–Kier alpha value is -1.63. The van der Waals surface area contributed by atoms with Gasteiger partial charge < -0.3 is 10.1 Å². The summed E-state index contributed by atoms with van der Waals surface area (Å²) in [6, 6.07) is 7.36. The first-order valence-electron chi connectivity index (χ1n) is 9.70. The number of carbonyl (C=O) groups is 2. The normalized spacial score (nSPS) is 32.1. The topological polar surface area (TPSA) is 61.9 Å². The summed E-state index contributed by atoms with van der Waals surface area (Å²) in [6.45, 7) is 4.43. The zero-order valence-corrected chi connectivity index (χ0v) is 16.4. The van der Waals surface area contributed by atoms with Crippen LogP contribution in [0.1, 0.15) is 44.3 Å².